The fraction of sp³-hybridized carbons (Fsp3) is 0.615. The van der Waals surface area contributed by atoms with Crippen LogP contribution in [0.15, 0.2) is 10.5 Å². The predicted molar refractivity (Wildman–Crippen MR) is 67.7 cm³/mol. The molecule has 0 aliphatic rings. The van der Waals surface area contributed by atoms with Crippen molar-refractivity contribution < 1.29 is 19.4 Å². The molecular formula is C13H21NO4. The molecule has 0 unspecified atom stereocenters. The predicted octanol–water partition coefficient (Wildman–Crippen LogP) is 1.93. The summed E-state index contributed by atoms with van der Waals surface area (Å²) in [6.07, 6.45) is 4.07. The zero-order valence-corrected chi connectivity index (χ0v) is 10.7. The number of carbonyl (C=O) groups is 1. The lowest BCUT2D eigenvalue weighted by molar-refractivity contribution is 0.0661. The van der Waals surface area contributed by atoms with E-state index < -0.39 is 5.97 Å². The highest BCUT2D eigenvalue weighted by Crippen LogP contribution is 2.14. The second-order valence-electron chi connectivity index (χ2n) is 4.31. The van der Waals surface area contributed by atoms with Crippen LogP contribution in [0.2, 0.25) is 0 Å². The van der Waals surface area contributed by atoms with Crippen molar-refractivity contribution in [2.24, 2.45) is 0 Å². The highest BCUT2D eigenvalue weighted by Gasteiger charge is 2.12. The van der Waals surface area contributed by atoms with Gasteiger partial charge in [0, 0.05) is 18.7 Å². The third-order valence-corrected chi connectivity index (χ3v) is 2.81. The van der Waals surface area contributed by atoms with Gasteiger partial charge in [-0.3, -0.25) is 0 Å². The topological polar surface area (TPSA) is 82.7 Å². The standard InChI is InChI=1S/C13H21NO4/c1-10-11(8-12(18-10)13(16)17)9-14-6-4-2-3-5-7-15/h8,14-15H,2-7,9H2,1H3,(H,16,17). The Morgan fingerprint density at radius 1 is 1.33 bits per heavy atom. The van der Waals surface area contributed by atoms with Gasteiger partial charge in [0.15, 0.2) is 0 Å². The fourth-order valence-electron chi connectivity index (χ4n) is 1.74. The van der Waals surface area contributed by atoms with Crippen LogP contribution < -0.4 is 5.32 Å². The van der Waals surface area contributed by atoms with Crippen LogP contribution in [0.5, 0.6) is 0 Å². The number of furan rings is 1. The van der Waals surface area contributed by atoms with Crippen molar-refractivity contribution in [1.29, 1.82) is 0 Å². The SMILES string of the molecule is Cc1oc(C(=O)O)cc1CNCCCCCCO. The zero-order chi connectivity index (χ0) is 13.4. The molecule has 5 nitrogen and oxygen atoms in total. The lowest BCUT2D eigenvalue weighted by Gasteiger charge is -2.03. The van der Waals surface area contributed by atoms with Gasteiger partial charge in [-0.15, -0.1) is 0 Å². The summed E-state index contributed by atoms with van der Waals surface area (Å²) in [6, 6.07) is 1.57. The van der Waals surface area contributed by atoms with E-state index >= 15 is 0 Å². The van der Waals surface area contributed by atoms with Crippen molar-refractivity contribution in [3.63, 3.8) is 0 Å². The lowest BCUT2D eigenvalue weighted by Crippen LogP contribution is -2.14. The molecule has 0 fully saturated rings. The van der Waals surface area contributed by atoms with Crippen LogP contribution in [0.4, 0.5) is 0 Å². The minimum Gasteiger partial charge on any atom is -0.475 e. The summed E-state index contributed by atoms with van der Waals surface area (Å²) in [5.74, 6) is -0.388. The number of nitrogens with one attached hydrogen (secondary N) is 1. The fourth-order valence-corrected chi connectivity index (χ4v) is 1.74. The summed E-state index contributed by atoms with van der Waals surface area (Å²) in [7, 11) is 0. The van der Waals surface area contributed by atoms with E-state index in [9.17, 15) is 4.79 Å². The molecule has 0 atom stereocenters. The summed E-state index contributed by atoms with van der Waals surface area (Å²) in [6.45, 7) is 3.55. The first-order chi connectivity index (χ1) is 8.65. The van der Waals surface area contributed by atoms with Crippen LogP contribution in [0, 0.1) is 6.92 Å². The highest BCUT2D eigenvalue weighted by molar-refractivity contribution is 5.84. The van der Waals surface area contributed by atoms with Gasteiger partial charge in [0.25, 0.3) is 0 Å². The zero-order valence-electron chi connectivity index (χ0n) is 10.7. The lowest BCUT2D eigenvalue weighted by atomic mass is 10.2. The van der Waals surface area contributed by atoms with Crippen molar-refractivity contribution in [2.75, 3.05) is 13.2 Å². The Morgan fingerprint density at radius 2 is 2.06 bits per heavy atom. The molecule has 1 rings (SSSR count). The van der Waals surface area contributed by atoms with Gasteiger partial charge >= 0.3 is 5.97 Å². The Balaban J connectivity index is 2.21. The average Bonchev–Trinajstić information content (AvgIpc) is 2.70. The van der Waals surface area contributed by atoms with Crippen LogP contribution >= 0.6 is 0 Å². The quantitative estimate of drug-likeness (QED) is 0.587. The molecule has 0 saturated carbocycles. The molecule has 0 saturated heterocycles. The summed E-state index contributed by atoms with van der Waals surface area (Å²) < 4.78 is 5.12. The molecule has 5 heteroatoms. The molecule has 0 aliphatic carbocycles. The third-order valence-electron chi connectivity index (χ3n) is 2.81. The second kappa shape index (κ2) is 7.89. The van der Waals surface area contributed by atoms with E-state index in [-0.39, 0.29) is 12.4 Å². The number of unbranched alkanes of at least 4 members (excludes halogenated alkanes) is 3. The number of hydrogen-bond acceptors (Lipinski definition) is 4. The molecule has 0 amide bonds. The van der Waals surface area contributed by atoms with Gasteiger partial charge in [-0.05, 0) is 32.4 Å². The highest BCUT2D eigenvalue weighted by atomic mass is 16.4. The minimum absolute atomic E-state index is 0.00718. The van der Waals surface area contributed by atoms with Gasteiger partial charge in [0.05, 0.1) is 0 Å². The van der Waals surface area contributed by atoms with E-state index in [2.05, 4.69) is 5.32 Å². The van der Waals surface area contributed by atoms with E-state index in [1.807, 2.05) is 0 Å². The van der Waals surface area contributed by atoms with Crippen molar-refractivity contribution in [2.45, 2.75) is 39.2 Å². The Bertz CT molecular complexity index is 373. The number of aromatic carboxylic acids is 1. The number of carboxylic acid groups (broad SMARTS) is 1. The molecule has 18 heavy (non-hydrogen) atoms. The van der Waals surface area contributed by atoms with Crippen molar-refractivity contribution in [1.82, 2.24) is 5.32 Å². The summed E-state index contributed by atoms with van der Waals surface area (Å²) in [5.41, 5.74) is 0.891. The van der Waals surface area contributed by atoms with Crippen molar-refractivity contribution >= 4 is 5.97 Å². The minimum atomic E-state index is -1.03. The average molecular weight is 255 g/mol. The monoisotopic (exact) mass is 255 g/mol. The van der Waals surface area contributed by atoms with Crippen LogP contribution in [0.3, 0.4) is 0 Å². The molecule has 0 aliphatic heterocycles. The van der Waals surface area contributed by atoms with Crippen molar-refractivity contribution in [3.05, 3.63) is 23.2 Å². The molecule has 0 bridgehead atoms. The third kappa shape index (κ3) is 4.89. The second-order valence-corrected chi connectivity index (χ2v) is 4.31. The van der Waals surface area contributed by atoms with Crippen LogP contribution in [-0.4, -0.2) is 29.3 Å². The van der Waals surface area contributed by atoms with Crippen LogP contribution in [-0.2, 0) is 6.54 Å². The molecule has 1 heterocycles. The molecule has 0 aromatic carbocycles. The van der Waals surface area contributed by atoms with E-state index in [1.165, 1.54) is 0 Å². The number of carboxylic acids is 1. The van der Waals surface area contributed by atoms with Gasteiger partial charge in [-0.25, -0.2) is 4.79 Å². The number of aryl methyl sites for hydroxylation is 1. The molecule has 3 N–H and O–H groups in total. The van der Waals surface area contributed by atoms with Gasteiger partial charge < -0.3 is 19.9 Å². The first-order valence-electron chi connectivity index (χ1n) is 6.29. The largest absolute Gasteiger partial charge is 0.475 e. The van der Waals surface area contributed by atoms with E-state index in [1.54, 1.807) is 13.0 Å². The maximum absolute atomic E-state index is 10.7. The summed E-state index contributed by atoms with van der Waals surface area (Å²) in [5, 5.41) is 20.7. The first kappa shape index (κ1) is 14.7. The number of aliphatic hydroxyl groups is 1. The summed E-state index contributed by atoms with van der Waals surface area (Å²) in [4.78, 5) is 10.7. The maximum atomic E-state index is 10.7. The van der Waals surface area contributed by atoms with Crippen molar-refractivity contribution in [3.8, 4) is 0 Å². The van der Waals surface area contributed by atoms with E-state index in [0.717, 1.165) is 37.8 Å². The van der Waals surface area contributed by atoms with Crippen LogP contribution in [0.1, 0.15) is 47.6 Å². The van der Waals surface area contributed by atoms with Gasteiger partial charge in [0.2, 0.25) is 5.76 Å². The molecule has 0 radical (unpaired) electrons. The first-order valence-corrected chi connectivity index (χ1v) is 6.29. The van der Waals surface area contributed by atoms with Gasteiger partial charge in [0.1, 0.15) is 5.76 Å². The van der Waals surface area contributed by atoms with E-state index in [0.29, 0.717) is 12.3 Å². The smallest absolute Gasteiger partial charge is 0.371 e. The Labute approximate surface area is 107 Å². The molecule has 1 aromatic heterocycles. The number of rotatable bonds is 9. The van der Waals surface area contributed by atoms with Crippen LogP contribution in [0.25, 0.3) is 0 Å². The van der Waals surface area contributed by atoms with Gasteiger partial charge in [-0.2, -0.15) is 0 Å². The molecule has 102 valence electrons. The van der Waals surface area contributed by atoms with Gasteiger partial charge in [-0.1, -0.05) is 12.8 Å². The number of hydrogen-bond donors (Lipinski definition) is 3. The molecular weight excluding hydrogens is 234 g/mol. The molecule has 0 spiro atoms. The molecule has 1 aromatic rings. The normalized spacial score (nSPS) is 10.8. The maximum Gasteiger partial charge on any atom is 0.371 e. The Hall–Kier alpha value is -1.33. The summed E-state index contributed by atoms with van der Waals surface area (Å²) >= 11 is 0. The Morgan fingerprint density at radius 3 is 2.67 bits per heavy atom. The number of aliphatic hydroxyl groups excluding tert-OH is 1. The van der Waals surface area contributed by atoms with E-state index in [4.69, 9.17) is 14.6 Å². The Kier molecular flexibility index (Phi) is 6.46.